The summed E-state index contributed by atoms with van der Waals surface area (Å²) in [5, 5.41) is 13.9. The Hall–Kier alpha value is -3.61. The lowest BCUT2D eigenvalue weighted by Crippen LogP contribution is -2.20. The van der Waals surface area contributed by atoms with Crippen molar-refractivity contribution in [1.82, 2.24) is 25.0 Å². The second-order valence-corrected chi connectivity index (χ2v) is 8.96. The van der Waals surface area contributed by atoms with Crippen LogP contribution in [0.15, 0.2) is 48.8 Å². The maximum atomic E-state index is 11.8. The molecule has 0 radical (unpaired) electrons. The van der Waals surface area contributed by atoms with Gasteiger partial charge in [-0.25, -0.2) is 0 Å². The van der Waals surface area contributed by atoms with Gasteiger partial charge in [0.25, 0.3) is 0 Å². The fourth-order valence-corrected chi connectivity index (χ4v) is 4.48. The second-order valence-electron chi connectivity index (χ2n) is 8.96. The Morgan fingerprint density at radius 1 is 1.12 bits per heavy atom. The van der Waals surface area contributed by atoms with Crippen LogP contribution >= 0.6 is 0 Å². The second kappa shape index (κ2) is 7.82. The van der Waals surface area contributed by atoms with Crippen molar-refractivity contribution in [1.29, 1.82) is 0 Å². The van der Waals surface area contributed by atoms with E-state index in [9.17, 15) is 4.79 Å². The highest BCUT2D eigenvalue weighted by atomic mass is 16.5. The Morgan fingerprint density at radius 2 is 2.00 bits per heavy atom. The van der Waals surface area contributed by atoms with E-state index in [-0.39, 0.29) is 5.41 Å². The van der Waals surface area contributed by atoms with Crippen LogP contribution in [0, 0.1) is 12.3 Å². The zero-order valence-corrected chi connectivity index (χ0v) is 18.5. The van der Waals surface area contributed by atoms with Crippen LogP contribution in [0.5, 0.6) is 5.88 Å². The van der Waals surface area contributed by atoms with Crippen LogP contribution in [-0.2, 0) is 11.3 Å². The molecular formula is C25H25N5O2. The van der Waals surface area contributed by atoms with Crippen molar-refractivity contribution in [3.8, 4) is 28.3 Å². The molecule has 0 amide bonds. The maximum absolute atomic E-state index is 11.8. The number of hydrogen-bond acceptors (Lipinski definition) is 6. The topological polar surface area (TPSA) is 82.8 Å². The lowest BCUT2D eigenvalue weighted by Gasteiger charge is -2.22. The smallest absolute Gasteiger partial charge is 0.233 e. The Labute approximate surface area is 186 Å². The molecule has 7 nitrogen and oxygen atoms in total. The summed E-state index contributed by atoms with van der Waals surface area (Å²) in [4.78, 5) is 16.6. The summed E-state index contributed by atoms with van der Waals surface area (Å²) in [5.74, 6) is 0.839. The molecule has 1 fully saturated rings. The summed E-state index contributed by atoms with van der Waals surface area (Å²) in [6.07, 6.45) is 6.15. The molecule has 1 atom stereocenters. The van der Waals surface area contributed by atoms with Crippen LogP contribution in [0.2, 0.25) is 0 Å². The van der Waals surface area contributed by atoms with Crippen molar-refractivity contribution < 1.29 is 9.53 Å². The van der Waals surface area contributed by atoms with E-state index in [0.717, 1.165) is 51.9 Å². The van der Waals surface area contributed by atoms with Gasteiger partial charge in [0.1, 0.15) is 5.78 Å². The van der Waals surface area contributed by atoms with Crippen molar-refractivity contribution in [2.75, 3.05) is 7.11 Å². The van der Waals surface area contributed by atoms with Crippen LogP contribution in [0.25, 0.3) is 33.3 Å². The standard InChI is InChI=1S/C25H25N5O2/c1-16-4-7-21(19-13-26-30(14-19)15-25(2)9-8-20(31)12-25)24(27-16)18-6-5-17-11-23(32-3)29-28-22(17)10-18/h4-7,10-11,13-14H,8-9,12,15H2,1-3H3/t25-/m0/s1. The number of benzene rings is 1. The van der Waals surface area contributed by atoms with Crippen LogP contribution in [0.3, 0.4) is 0 Å². The minimum absolute atomic E-state index is 0.0210. The van der Waals surface area contributed by atoms with E-state index in [1.165, 1.54) is 0 Å². The lowest BCUT2D eigenvalue weighted by atomic mass is 9.89. The maximum Gasteiger partial charge on any atom is 0.233 e. The van der Waals surface area contributed by atoms with E-state index in [2.05, 4.69) is 34.5 Å². The van der Waals surface area contributed by atoms with Gasteiger partial charge in [-0.1, -0.05) is 25.1 Å². The minimum Gasteiger partial charge on any atom is -0.480 e. The van der Waals surface area contributed by atoms with E-state index in [4.69, 9.17) is 9.72 Å². The highest BCUT2D eigenvalue weighted by Crippen LogP contribution is 2.38. The van der Waals surface area contributed by atoms with Crippen LogP contribution in [0.1, 0.15) is 31.9 Å². The first kappa shape index (κ1) is 20.3. The molecular weight excluding hydrogens is 402 g/mol. The van der Waals surface area contributed by atoms with Gasteiger partial charge < -0.3 is 4.74 Å². The average Bonchev–Trinajstić information content (AvgIpc) is 3.38. The number of aromatic nitrogens is 5. The van der Waals surface area contributed by atoms with Crippen molar-refractivity contribution in [3.63, 3.8) is 0 Å². The van der Waals surface area contributed by atoms with Gasteiger partial charge in [-0.2, -0.15) is 5.10 Å². The number of aryl methyl sites for hydroxylation is 1. The number of nitrogens with zero attached hydrogens (tertiary/aromatic N) is 5. The molecule has 5 rings (SSSR count). The largest absolute Gasteiger partial charge is 0.480 e. The summed E-state index contributed by atoms with van der Waals surface area (Å²) in [7, 11) is 1.58. The van der Waals surface area contributed by atoms with Gasteiger partial charge >= 0.3 is 0 Å². The van der Waals surface area contributed by atoms with Crippen molar-refractivity contribution in [2.24, 2.45) is 5.41 Å². The van der Waals surface area contributed by atoms with E-state index in [0.29, 0.717) is 24.5 Å². The van der Waals surface area contributed by atoms with E-state index in [1.54, 1.807) is 7.11 Å². The number of methoxy groups -OCH3 is 1. The van der Waals surface area contributed by atoms with Gasteiger partial charge in [0.15, 0.2) is 0 Å². The van der Waals surface area contributed by atoms with Crippen molar-refractivity contribution >= 4 is 16.7 Å². The molecule has 0 saturated heterocycles. The number of ketones is 1. The zero-order chi connectivity index (χ0) is 22.3. The first-order valence-corrected chi connectivity index (χ1v) is 10.8. The normalized spacial score (nSPS) is 18.4. The van der Waals surface area contributed by atoms with Crippen molar-refractivity contribution in [2.45, 2.75) is 39.7 Å². The predicted molar refractivity (Wildman–Crippen MR) is 122 cm³/mol. The van der Waals surface area contributed by atoms with Crippen LogP contribution < -0.4 is 4.74 Å². The molecule has 0 N–H and O–H groups in total. The quantitative estimate of drug-likeness (QED) is 0.462. The first-order valence-electron chi connectivity index (χ1n) is 10.8. The Kier molecular flexibility index (Phi) is 4.96. The summed E-state index contributed by atoms with van der Waals surface area (Å²) in [5.41, 5.74) is 5.56. The third-order valence-electron chi connectivity index (χ3n) is 6.20. The van der Waals surface area contributed by atoms with Gasteiger partial charge in [0.05, 0.1) is 24.5 Å². The molecule has 162 valence electrons. The molecule has 7 heteroatoms. The minimum atomic E-state index is -0.0210. The molecule has 1 aliphatic carbocycles. The Bertz CT molecular complexity index is 1330. The van der Waals surface area contributed by atoms with Crippen LogP contribution in [-0.4, -0.2) is 37.9 Å². The number of carbonyl (C=O) groups is 1. The highest BCUT2D eigenvalue weighted by Gasteiger charge is 2.34. The van der Waals surface area contributed by atoms with Gasteiger partial charge in [-0.15, -0.1) is 10.2 Å². The van der Waals surface area contributed by atoms with E-state index >= 15 is 0 Å². The number of hydrogen-bond donors (Lipinski definition) is 0. The molecule has 0 unspecified atom stereocenters. The molecule has 0 bridgehead atoms. The highest BCUT2D eigenvalue weighted by molar-refractivity contribution is 5.88. The van der Waals surface area contributed by atoms with Gasteiger partial charge in [0, 0.05) is 59.4 Å². The number of rotatable bonds is 5. The number of pyridine rings is 1. The summed E-state index contributed by atoms with van der Waals surface area (Å²) in [6.45, 7) is 4.89. The molecule has 0 spiro atoms. The molecule has 1 aromatic carbocycles. The van der Waals surface area contributed by atoms with Gasteiger partial charge in [-0.05, 0) is 30.9 Å². The van der Waals surface area contributed by atoms with Gasteiger partial charge in [0.2, 0.25) is 5.88 Å². The molecule has 32 heavy (non-hydrogen) atoms. The van der Waals surface area contributed by atoms with Gasteiger partial charge in [-0.3, -0.25) is 14.5 Å². The number of ether oxygens (including phenoxy) is 1. The molecule has 3 aromatic heterocycles. The third-order valence-corrected chi connectivity index (χ3v) is 6.20. The monoisotopic (exact) mass is 427 g/mol. The SMILES string of the molecule is COc1cc2ccc(-c3nc(C)ccc3-c3cnn(C[C@@]4(C)CCC(=O)C4)c3)cc2nn1. The van der Waals surface area contributed by atoms with Crippen molar-refractivity contribution in [3.05, 3.63) is 54.5 Å². The summed E-state index contributed by atoms with van der Waals surface area (Å²) in [6, 6.07) is 12.0. The number of carbonyl (C=O) groups excluding carboxylic acids is 1. The Morgan fingerprint density at radius 3 is 2.78 bits per heavy atom. The average molecular weight is 428 g/mol. The fourth-order valence-electron chi connectivity index (χ4n) is 4.48. The Balaban J connectivity index is 1.51. The van der Waals surface area contributed by atoms with E-state index in [1.807, 2.05) is 48.1 Å². The number of fused-ring (bicyclic) bond motifs is 1. The molecule has 1 aliphatic rings. The third kappa shape index (κ3) is 3.86. The van der Waals surface area contributed by atoms with E-state index < -0.39 is 0 Å². The number of Topliss-reactive ketones (excluding diaryl/α,β-unsaturated/α-hetero) is 1. The predicted octanol–water partition coefficient (Wildman–Crippen LogP) is 4.63. The summed E-state index contributed by atoms with van der Waals surface area (Å²) >= 11 is 0. The lowest BCUT2D eigenvalue weighted by molar-refractivity contribution is -0.118. The zero-order valence-electron chi connectivity index (χ0n) is 18.5. The fraction of sp³-hybridized carbons (Fsp3) is 0.320. The first-order chi connectivity index (χ1) is 15.4. The molecule has 3 heterocycles. The summed E-state index contributed by atoms with van der Waals surface area (Å²) < 4.78 is 7.13. The molecule has 1 saturated carbocycles. The molecule has 4 aromatic rings. The molecule has 0 aliphatic heterocycles. The van der Waals surface area contributed by atoms with Crippen LogP contribution in [0.4, 0.5) is 0 Å².